The zero-order valence-electron chi connectivity index (χ0n) is 12.3. The molecule has 0 spiro atoms. The molecule has 0 saturated carbocycles. The molecule has 0 aliphatic rings. The van der Waals surface area contributed by atoms with E-state index in [0.29, 0.717) is 16.7 Å². The number of rotatable bonds is 4. The number of nitrogens with zero attached hydrogens (tertiary/aromatic N) is 1. The van der Waals surface area contributed by atoms with Crippen LogP contribution in [0.25, 0.3) is 0 Å². The van der Waals surface area contributed by atoms with E-state index in [1.54, 1.807) is 23.1 Å². The molecule has 5 nitrogen and oxygen atoms in total. The number of carboxylic acids is 1. The lowest BCUT2D eigenvalue weighted by Crippen LogP contribution is -2.47. The van der Waals surface area contributed by atoms with E-state index in [-0.39, 0.29) is 17.1 Å². The van der Waals surface area contributed by atoms with E-state index >= 15 is 0 Å². The number of urea groups is 1. The van der Waals surface area contributed by atoms with Crippen molar-refractivity contribution in [1.29, 1.82) is 0 Å². The van der Waals surface area contributed by atoms with E-state index < -0.39 is 5.97 Å². The summed E-state index contributed by atoms with van der Waals surface area (Å²) in [6.45, 7) is 9.80. The molecule has 0 fully saturated rings. The highest BCUT2D eigenvalue weighted by atomic mass is 79.9. The van der Waals surface area contributed by atoms with E-state index in [2.05, 4.69) is 27.8 Å². The van der Waals surface area contributed by atoms with Crippen LogP contribution in [0.3, 0.4) is 0 Å². The molecule has 0 atom stereocenters. The fourth-order valence-electron chi connectivity index (χ4n) is 1.75. The average molecular weight is 355 g/mol. The summed E-state index contributed by atoms with van der Waals surface area (Å²) in [5.74, 6) is -1.06. The van der Waals surface area contributed by atoms with Crippen LogP contribution in [0.5, 0.6) is 0 Å². The molecular formula is C15H19BrN2O3. The Morgan fingerprint density at radius 1 is 1.43 bits per heavy atom. The van der Waals surface area contributed by atoms with E-state index in [9.17, 15) is 9.59 Å². The number of nitrogens with one attached hydrogen (secondary N) is 1. The Morgan fingerprint density at radius 3 is 2.52 bits per heavy atom. The number of carboxylic acid groups (broad SMARTS) is 1. The number of amides is 2. The standard InChI is InChI=1S/C15H19BrN2O3/c1-5-8-18(15(2,3)4)14(21)17-10-6-7-12(16)11(9-10)13(19)20/h5-7,9H,1,8H2,2-4H3,(H,17,21)(H,19,20). The number of halogens is 1. The number of hydrogen-bond donors (Lipinski definition) is 2. The molecule has 1 aromatic rings. The minimum absolute atomic E-state index is 0.0961. The lowest BCUT2D eigenvalue weighted by molar-refractivity contribution is 0.0696. The average Bonchev–Trinajstić information content (AvgIpc) is 2.36. The molecule has 0 saturated heterocycles. The third-order valence-electron chi connectivity index (χ3n) is 2.81. The minimum atomic E-state index is -1.06. The smallest absolute Gasteiger partial charge is 0.336 e. The summed E-state index contributed by atoms with van der Waals surface area (Å²) in [4.78, 5) is 25.0. The van der Waals surface area contributed by atoms with Crippen LogP contribution in [0.1, 0.15) is 31.1 Å². The van der Waals surface area contributed by atoms with Gasteiger partial charge >= 0.3 is 12.0 Å². The van der Waals surface area contributed by atoms with Gasteiger partial charge in [-0.1, -0.05) is 6.08 Å². The summed E-state index contributed by atoms with van der Waals surface area (Å²) < 4.78 is 0.465. The van der Waals surface area contributed by atoms with E-state index in [1.165, 1.54) is 6.07 Å². The van der Waals surface area contributed by atoms with Crippen molar-refractivity contribution in [2.75, 3.05) is 11.9 Å². The number of carbonyl (C=O) groups is 2. The van der Waals surface area contributed by atoms with Crippen LogP contribution in [-0.4, -0.2) is 34.1 Å². The summed E-state index contributed by atoms with van der Waals surface area (Å²) >= 11 is 3.17. The Kier molecular flexibility index (Phi) is 5.54. The molecule has 0 bridgehead atoms. The lowest BCUT2D eigenvalue weighted by Gasteiger charge is -2.34. The maximum atomic E-state index is 12.3. The van der Waals surface area contributed by atoms with Gasteiger partial charge in [-0.05, 0) is 54.9 Å². The third-order valence-corrected chi connectivity index (χ3v) is 3.51. The highest BCUT2D eigenvalue weighted by Gasteiger charge is 2.25. The number of carbonyl (C=O) groups excluding carboxylic acids is 1. The van der Waals surface area contributed by atoms with E-state index in [4.69, 9.17) is 5.11 Å². The number of aromatic carboxylic acids is 1. The Balaban J connectivity index is 2.99. The first kappa shape index (κ1) is 17.2. The van der Waals surface area contributed by atoms with Crippen molar-refractivity contribution in [3.8, 4) is 0 Å². The van der Waals surface area contributed by atoms with Gasteiger partial charge in [-0.25, -0.2) is 9.59 Å². The summed E-state index contributed by atoms with van der Waals surface area (Å²) in [6, 6.07) is 4.34. The summed E-state index contributed by atoms with van der Waals surface area (Å²) in [6.07, 6.45) is 1.65. The predicted octanol–water partition coefficient (Wildman–Crippen LogP) is 3.97. The van der Waals surface area contributed by atoms with Crippen molar-refractivity contribution in [3.63, 3.8) is 0 Å². The maximum Gasteiger partial charge on any atom is 0.336 e. The van der Waals surface area contributed by atoms with E-state index in [1.807, 2.05) is 20.8 Å². The second-order valence-corrected chi connectivity index (χ2v) is 6.35. The first-order valence-corrected chi connectivity index (χ1v) is 7.18. The van der Waals surface area contributed by atoms with Gasteiger partial charge < -0.3 is 15.3 Å². The van der Waals surface area contributed by atoms with Gasteiger partial charge in [0.1, 0.15) is 0 Å². The van der Waals surface area contributed by atoms with Crippen LogP contribution in [0.4, 0.5) is 10.5 Å². The molecule has 0 aromatic heterocycles. The Bertz CT molecular complexity index is 565. The zero-order chi connectivity index (χ0) is 16.2. The molecule has 114 valence electrons. The molecule has 0 heterocycles. The number of anilines is 1. The monoisotopic (exact) mass is 354 g/mol. The van der Waals surface area contributed by atoms with E-state index in [0.717, 1.165) is 0 Å². The van der Waals surface area contributed by atoms with Crippen molar-refractivity contribution in [2.24, 2.45) is 0 Å². The molecular weight excluding hydrogens is 336 g/mol. The van der Waals surface area contributed by atoms with Gasteiger partial charge in [0.25, 0.3) is 0 Å². The second kappa shape index (κ2) is 6.76. The number of hydrogen-bond acceptors (Lipinski definition) is 2. The van der Waals surface area contributed by atoms with Gasteiger partial charge in [0, 0.05) is 22.2 Å². The van der Waals surface area contributed by atoms with Crippen LogP contribution in [0.15, 0.2) is 35.3 Å². The van der Waals surface area contributed by atoms with Crippen LogP contribution in [0.2, 0.25) is 0 Å². The normalized spacial score (nSPS) is 10.9. The van der Waals surface area contributed by atoms with Crippen molar-refractivity contribution in [1.82, 2.24) is 4.90 Å². The third kappa shape index (κ3) is 4.60. The van der Waals surface area contributed by atoms with Gasteiger partial charge in [0.15, 0.2) is 0 Å². The zero-order valence-corrected chi connectivity index (χ0v) is 13.9. The van der Waals surface area contributed by atoms with Crippen molar-refractivity contribution in [3.05, 3.63) is 40.9 Å². The maximum absolute atomic E-state index is 12.3. The largest absolute Gasteiger partial charge is 0.478 e. The molecule has 0 unspecified atom stereocenters. The Labute approximate surface area is 132 Å². The van der Waals surface area contributed by atoms with Crippen LogP contribution >= 0.6 is 15.9 Å². The molecule has 2 amide bonds. The molecule has 21 heavy (non-hydrogen) atoms. The summed E-state index contributed by atoms with van der Waals surface area (Å²) in [5, 5.41) is 11.8. The molecule has 0 radical (unpaired) electrons. The molecule has 1 aromatic carbocycles. The minimum Gasteiger partial charge on any atom is -0.478 e. The van der Waals surface area contributed by atoms with Gasteiger partial charge in [0.05, 0.1) is 5.56 Å². The molecule has 0 aliphatic carbocycles. The first-order chi connectivity index (χ1) is 9.66. The molecule has 6 heteroatoms. The van der Waals surface area contributed by atoms with Crippen molar-refractivity contribution >= 4 is 33.6 Å². The van der Waals surface area contributed by atoms with Gasteiger partial charge in [0.2, 0.25) is 0 Å². The Hall–Kier alpha value is -1.82. The second-order valence-electron chi connectivity index (χ2n) is 5.50. The van der Waals surface area contributed by atoms with Crippen LogP contribution in [-0.2, 0) is 0 Å². The van der Waals surface area contributed by atoms with Gasteiger partial charge in [-0.15, -0.1) is 6.58 Å². The first-order valence-electron chi connectivity index (χ1n) is 6.39. The molecule has 2 N–H and O–H groups in total. The summed E-state index contributed by atoms with van der Waals surface area (Å²) in [7, 11) is 0. The highest BCUT2D eigenvalue weighted by Crippen LogP contribution is 2.22. The van der Waals surface area contributed by atoms with Crippen molar-refractivity contribution < 1.29 is 14.7 Å². The molecule has 0 aliphatic heterocycles. The van der Waals surface area contributed by atoms with Gasteiger partial charge in [-0.2, -0.15) is 0 Å². The topological polar surface area (TPSA) is 69.6 Å². The van der Waals surface area contributed by atoms with Crippen molar-refractivity contribution in [2.45, 2.75) is 26.3 Å². The fraction of sp³-hybridized carbons (Fsp3) is 0.333. The lowest BCUT2D eigenvalue weighted by atomic mass is 10.1. The quantitative estimate of drug-likeness (QED) is 0.803. The van der Waals surface area contributed by atoms with Gasteiger partial charge in [-0.3, -0.25) is 0 Å². The van der Waals surface area contributed by atoms with Crippen LogP contribution < -0.4 is 5.32 Å². The highest BCUT2D eigenvalue weighted by molar-refractivity contribution is 9.10. The fourth-order valence-corrected chi connectivity index (χ4v) is 2.16. The molecule has 1 rings (SSSR count). The Morgan fingerprint density at radius 2 is 2.05 bits per heavy atom. The van der Waals surface area contributed by atoms with Crippen LogP contribution in [0, 0.1) is 0 Å². The summed E-state index contributed by atoms with van der Waals surface area (Å²) in [5.41, 5.74) is 0.154. The predicted molar refractivity (Wildman–Crippen MR) is 86.8 cm³/mol. The SMILES string of the molecule is C=CCN(C(=O)Nc1ccc(Br)c(C(=O)O)c1)C(C)(C)C. The number of benzene rings is 1.